The van der Waals surface area contributed by atoms with Crippen LogP contribution in [0.1, 0.15) is 33.8 Å². The van der Waals surface area contributed by atoms with Crippen molar-refractivity contribution >= 4 is 5.97 Å². The molecule has 0 bridgehead atoms. The lowest BCUT2D eigenvalue weighted by atomic mass is 9.97. The maximum atomic E-state index is 11.5. The number of carbonyl (C=O) groups is 1. The number of pyridine rings is 1. The van der Waals surface area contributed by atoms with Crippen LogP contribution in [0.15, 0.2) is 66.9 Å². The lowest BCUT2D eigenvalue weighted by Gasteiger charge is -2.18. The quantitative estimate of drug-likeness (QED) is 0.676. The molecule has 0 radical (unpaired) electrons. The van der Waals surface area contributed by atoms with Gasteiger partial charge < -0.3 is 9.84 Å². The zero-order valence-electron chi connectivity index (χ0n) is 16.4. The van der Waals surface area contributed by atoms with Crippen molar-refractivity contribution in [1.82, 2.24) is 9.88 Å². The van der Waals surface area contributed by atoms with Crippen molar-refractivity contribution in [2.45, 2.75) is 18.9 Å². The van der Waals surface area contributed by atoms with Crippen molar-refractivity contribution in [3.8, 4) is 17.0 Å². The highest BCUT2D eigenvalue weighted by Gasteiger charge is 2.25. The lowest BCUT2D eigenvalue weighted by Crippen LogP contribution is -2.21. The van der Waals surface area contributed by atoms with E-state index in [4.69, 9.17) is 4.74 Å². The summed E-state index contributed by atoms with van der Waals surface area (Å²) in [6.45, 7) is 2.53. The largest absolute Gasteiger partial charge is 0.497 e. The molecule has 5 nitrogen and oxygen atoms in total. The molecular formula is C24H24N2O3. The molecule has 1 fully saturated rings. The highest BCUT2D eigenvalue weighted by atomic mass is 16.5. The van der Waals surface area contributed by atoms with Crippen molar-refractivity contribution in [3.05, 3.63) is 83.6 Å². The number of methoxy groups -OCH3 is 1. The minimum absolute atomic E-state index is 0.389. The maximum absolute atomic E-state index is 11.5. The summed E-state index contributed by atoms with van der Waals surface area (Å²) in [6.07, 6.45) is 2.92. The van der Waals surface area contributed by atoms with Gasteiger partial charge in [-0.2, -0.15) is 0 Å². The second kappa shape index (κ2) is 8.45. The van der Waals surface area contributed by atoms with E-state index in [9.17, 15) is 9.90 Å². The first-order valence-electron chi connectivity index (χ1n) is 9.78. The van der Waals surface area contributed by atoms with Crippen molar-refractivity contribution < 1.29 is 14.6 Å². The van der Waals surface area contributed by atoms with Gasteiger partial charge in [0.25, 0.3) is 0 Å². The Morgan fingerprint density at radius 3 is 2.86 bits per heavy atom. The number of carboxylic acid groups (broad SMARTS) is 1. The molecule has 29 heavy (non-hydrogen) atoms. The number of aromatic carboxylic acids is 1. The molecular weight excluding hydrogens is 364 g/mol. The Labute approximate surface area is 170 Å². The standard InChI is InChI=1S/C24H24N2O3/c1-29-21-7-4-6-18(13-21)23-14-17(9-11-25-23)19-10-12-26(15-19)16-20-5-2-3-8-22(20)24(27)28/h2-9,11,13-14,19H,10,12,15-16H2,1H3,(H,27,28)/t19-/m0/s1. The number of benzene rings is 2. The fourth-order valence-electron chi connectivity index (χ4n) is 4.00. The topological polar surface area (TPSA) is 62.7 Å². The van der Waals surface area contributed by atoms with Gasteiger partial charge in [0.05, 0.1) is 18.4 Å². The molecule has 1 saturated heterocycles. The fourth-order valence-corrected chi connectivity index (χ4v) is 4.00. The van der Waals surface area contributed by atoms with Crippen LogP contribution in [-0.4, -0.2) is 41.2 Å². The van der Waals surface area contributed by atoms with E-state index in [2.05, 4.69) is 22.0 Å². The Kier molecular flexibility index (Phi) is 5.58. The zero-order valence-corrected chi connectivity index (χ0v) is 16.4. The third-order valence-electron chi connectivity index (χ3n) is 5.53. The first kappa shape index (κ1) is 19.2. The van der Waals surface area contributed by atoms with E-state index in [1.54, 1.807) is 19.2 Å². The maximum Gasteiger partial charge on any atom is 0.336 e. The van der Waals surface area contributed by atoms with E-state index >= 15 is 0 Å². The van der Waals surface area contributed by atoms with Crippen LogP contribution >= 0.6 is 0 Å². The average molecular weight is 388 g/mol. The molecule has 0 saturated carbocycles. The van der Waals surface area contributed by atoms with Gasteiger partial charge in [-0.1, -0.05) is 30.3 Å². The summed E-state index contributed by atoms with van der Waals surface area (Å²) >= 11 is 0. The zero-order chi connectivity index (χ0) is 20.2. The van der Waals surface area contributed by atoms with Crippen molar-refractivity contribution in [3.63, 3.8) is 0 Å². The Hall–Kier alpha value is -3.18. The molecule has 1 atom stereocenters. The predicted molar refractivity (Wildman–Crippen MR) is 112 cm³/mol. The minimum Gasteiger partial charge on any atom is -0.497 e. The second-order valence-corrected chi connectivity index (χ2v) is 7.39. The molecule has 0 spiro atoms. The van der Waals surface area contributed by atoms with E-state index in [-0.39, 0.29) is 0 Å². The van der Waals surface area contributed by atoms with Crippen LogP contribution in [0, 0.1) is 0 Å². The first-order valence-corrected chi connectivity index (χ1v) is 9.78. The van der Waals surface area contributed by atoms with E-state index in [1.807, 2.05) is 42.6 Å². The second-order valence-electron chi connectivity index (χ2n) is 7.39. The monoisotopic (exact) mass is 388 g/mol. The highest BCUT2D eigenvalue weighted by Crippen LogP contribution is 2.31. The number of likely N-dealkylation sites (tertiary alicyclic amines) is 1. The number of rotatable bonds is 6. The molecule has 0 amide bonds. The summed E-state index contributed by atoms with van der Waals surface area (Å²) in [5.74, 6) is 0.367. The molecule has 1 aliphatic heterocycles. The van der Waals surface area contributed by atoms with Crippen LogP contribution in [-0.2, 0) is 6.54 Å². The SMILES string of the molecule is COc1cccc(-c2cc([C@H]3CCN(Cc4ccccc4C(=O)O)C3)ccn2)c1. The molecule has 2 heterocycles. The van der Waals surface area contributed by atoms with Crippen LogP contribution in [0.25, 0.3) is 11.3 Å². The van der Waals surface area contributed by atoms with Gasteiger partial charge in [-0.25, -0.2) is 4.79 Å². The predicted octanol–water partition coefficient (Wildman–Crippen LogP) is 4.44. The Balaban J connectivity index is 1.49. The van der Waals surface area contributed by atoms with E-state index < -0.39 is 5.97 Å². The van der Waals surface area contributed by atoms with Gasteiger partial charge in [0.2, 0.25) is 0 Å². The lowest BCUT2D eigenvalue weighted by molar-refractivity contribution is 0.0694. The number of nitrogens with zero attached hydrogens (tertiary/aromatic N) is 2. The summed E-state index contributed by atoms with van der Waals surface area (Å²) in [4.78, 5) is 18.3. The van der Waals surface area contributed by atoms with Crippen LogP contribution < -0.4 is 4.74 Å². The number of aromatic nitrogens is 1. The molecule has 3 aromatic rings. The van der Waals surface area contributed by atoms with Gasteiger partial charge >= 0.3 is 5.97 Å². The van der Waals surface area contributed by atoms with Gasteiger partial charge in [0.1, 0.15) is 5.75 Å². The van der Waals surface area contributed by atoms with Crippen molar-refractivity contribution in [2.75, 3.05) is 20.2 Å². The molecule has 148 valence electrons. The van der Waals surface area contributed by atoms with Gasteiger partial charge in [-0.3, -0.25) is 9.88 Å². The van der Waals surface area contributed by atoms with Gasteiger partial charge in [-0.15, -0.1) is 0 Å². The third kappa shape index (κ3) is 4.30. The smallest absolute Gasteiger partial charge is 0.336 e. The Morgan fingerprint density at radius 2 is 2.03 bits per heavy atom. The van der Waals surface area contributed by atoms with Crippen molar-refractivity contribution in [2.24, 2.45) is 0 Å². The van der Waals surface area contributed by atoms with Crippen LogP contribution in [0.2, 0.25) is 0 Å². The average Bonchev–Trinajstić information content (AvgIpc) is 3.23. The van der Waals surface area contributed by atoms with E-state index in [0.29, 0.717) is 18.0 Å². The Bertz CT molecular complexity index is 1020. The fraction of sp³-hybridized carbons (Fsp3) is 0.250. The summed E-state index contributed by atoms with van der Waals surface area (Å²) in [5, 5.41) is 9.41. The molecule has 1 N–H and O–H groups in total. The molecule has 0 aliphatic carbocycles. The van der Waals surface area contributed by atoms with Crippen LogP contribution in [0.3, 0.4) is 0 Å². The normalized spacial score (nSPS) is 16.7. The number of hydrogen-bond donors (Lipinski definition) is 1. The Morgan fingerprint density at radius 1 is 1.17 bits per heavy atom. The van der Waals surface area contributed by atoms with Crippen LogP contribution in [0.5, 0.6) is 5.75 Å². The highest BCUT2D eigenvalue weighted by molar-refractivity contribution is 5.89. The van der Waals surface area contributed by atoms with Gasteiger partial charge in [0, 0.05) is 24.8 Å². The van der Waals surface area contributed by atoms with Gasteiger partial charge in [0.15, 0.2) is 0 Å². The summed E-state index contributed by atoms with van der Waals surface area (Å²) in [5.41, 5.74) is 4.51. The number of hydrogen-bond acceptors (Lipinski definition) is 4. The number of ether oxygens (including phenoxy) is 1. The molecule has 1 aromatic heterocycles. The molecule has 0 unspecified atom stereocenters. The van der Waals surface area contributed by atoms with Crippen LogP contribution in [0.4, 0.5) is 0 Å². The first-order chi connectivity index (χ1) is 14.1. The van der Waals surface area contributed by atoms with E-state index in [0.717, 1.165) is 42.1 Å². The molecule has 5 heteroatoms. The molecule has 1 aliphatic rings. The summed E-state index contributed by atoms with van der Waals surface area (Å²) in [6, 6.07) is 19.4. The van der Waals surface area contributed by atoms with E-state index in [1.165, 1.54) is 5.56 Å². The number of carboxylic acids is 1. The molecule has 2 aromatic carbocycles. The third-order valence-corrected chi connectivity index (χ3v) is 5.53. The van der Waals surface area contributed by atoms with Gasteiger partial charge in [-0.05, 0) is 60.3 Å². The minimum atomic E-state index is -0.867. The summed E-state index contributed by atoms with van der Waals surface area (Å²) < 4.78 is 5.33. The molecule has 4 rings (SSSR count). The van der Waals surface area contributed by atoms with Crippen molar-refractivity contribution in [1.29, 1.82) is 0 Å². The summed E-state index contributed by atoms with van der Waals surface area (Å²) in [7, 11) is 1.67.